The van der Waals surface area contributed by atoms with Gasteiger partial charge in [-0.25, -0.2) is 0 Å². The standard InChI is InChI=1S/C15H17ClN2/c1-2-17-14(12-7-4-3-5-8-12)11-15-13(16)9-6-10-18-15/h3-10,14,17H,2,11H2,1H3. The van der Waals surface area contributed by atoms with Gasteiger partial charge in [-0.1, -0.05) is 48.9 Å². The summed E-state index contributed by atoms with van der Waals surface area (Å²) >= 11 is 6.17. The number of hydrogen-bond acceptors (Lipinski definition) is 2. The number of rotatable bonds is 5. The van der Waals surface area contributed by atoms with E-state index >= 15 is 0 Å². The Bertz CT molecular complexity index is 485. The fourth-order valence-electron chi connectivity index (χ4n) is 2.00. The second-order valence-electron chi connectivity index (χ2n) is 4.16. The van der Waals surface area contributed by atoms with Crippen LogP contribution in [0.4, 0.5) is 0 Å². The average molecular weight is 261 g/mol. The van der Waals surface area contributed by atoms with Crippen LogP contribution in [0.15, 0.2) is 48.7 Å². The first-order valence-electron chi connectivity index (χ1n) is 6.19. The van der Waals surface area contributed by atoms with Gasteiger partial charge >= 0.3 is 0 Å². The number of benzene rings is 1. The zero-order valence-electron chi connectivity index (χ0n) is 10.4. The minimum Gasteiger partial charge on any atom is -0.310 e. The minimum absolute atomic E-state index is 0.253. The van der Waals surface area contributed by atoms with E-state index < -0.39 is 0 Å². The Morgan fingerprint density at radius 1 is 1.17 bits per heavy atom. The van der Waals surface area contributed by atoms with E-state index in [2.05, 4.69) is 41.5 Å². The van der Waals surface area contributed by atoms with Crippen LogP contribution in [0.2, 0.25) is 5.02 Å². The third-order valence-corrected chi connectivity index (χ3v) is 3.23. The van der Waals surface area contributed by atoms with Crippen LogP contribution in [0.5, 0.6) is 0 Å². The molecular formula is C15H17ClN2. The molecular weight excluding hydrogens is 244 g/mol. The van der Waals surface area contributed by atoms with Crippen molar-refractivity contribution < 1.29 is 0 Å². The van der Waals surface area contributed by atoms with Gasteiger partial charge in [-0.05, 0) is 24.2 Å². The molecule has 0 bridgehead atoms. The molecule has 1 heterocycles. The molecule has 1 unspecified atom stereocenters. The van der Waals surface area contributed by atoms with Crippen LogP contribution in [-0.4, -0.2) is 11.5 Å². The van der Waals surface area contributed by atoms with Gasteiger partial charge in [-0.15, -0.1) is 0 Å². The molecule has 94 valence electrons. The first kappa shape index (κ1) is 13.1. The van der Waals surface area contributed by atoms with Gasteiger partial charge in [-0.2, -0.15) is 0 Å². The second-order valence-corrected chi connectivity index (χ2v) is 4.56. The Labute approximate surface area is 113 Å². The molecule has 1 aromatic heterocycles. The van der Waals surface area contributed by atoms with Crippen molar-refractivity contribution >= 4 is 11.6 Å². The molecule has 0 aliphatic heterocycles. The molecule has 0 amide bonds. The largest absolute Gasteiger partial charge is 0.310 e. The number of likely N-dealkylation sites (N-methyl/N-ethyl adjacent to an activating group) is 1. The fraction of sp³-hybridized carbons (Fsp3) is 0.267. The highest BCUT2D eigenvalue weighted by molar-refractivity contribution is 6.31. The van der Waals surface area contributed by atoms with Crippen molar-refractivity contribution in [3.8, 4) is 0 Å². The van der Waals surface area contributed by atoms with Crippen molar-refractivity contribution in [1.29, 1.82) is 0 Å². The molecule has 1 aromatic carbocycles. The molecule has 3 heteroatoms. The summed E-state index contributed by atoms with van der Waals surface area (Å²) in [5, 5.41) is 4.21. The van der Waals surface area contributed by atoms with E-state index in [0.717, 1.165) is 23.7 Å². The molecule has 0 aliphatic carbocycles. The van der Waals surface area contributed by atoms with E-state index in [4.69, 9.17) is 11.6 Å². The summed E-state index contributed by atoms with van der Waals surface area (Å²) < 4.78 is 0. The summed E-state index contributed by atoms with van der Waals surface area (Å²) in [5.41, 5.74) is 2.20. The Kier molecular flexibility index (Phi) is 4.73. The van der Waals surface area contributed by atoms with E-state index in [9.17, 15) is 0 Å². The Morgan fingerprint density at radius 3 is 2.61 bits per heavy atom. The van der Waals surface area contributed by atoms with Crippen LogP contribution < -0.4 is 5.32 Å². The molecule has 2 aromatic rings. The minimum atomic E-state index is 0.253. The van der Waals surface area contributed by atoms with E-state index in [1.807, 2.05) is 18.2 Å². The molecule has 0 radical (unpaired) electrons. The molecule has 0 saturated heterocycles. The first-order valence-corrected chi connectivity index (χ1v) is 6.56. The van der Waals surface area contributed by atoms with Crippen LogP contribution in [-0.2, 0) is 6.42 Å². The van der Waals surface area contributed by atoms with Crippen molar-refractivity contribution in [2.45, 2.75) is 19.4 Å². The van der Waals surface area contributed by atoms with Crippen LogP contribution in [0.1, 0.15) is 24.2 Å². The monoisotopic (exact) mass is 260 g/mol. The maximum atomic E-state index is 6.17. The lowest BCUT2D eigenvalue weighted by molar-refractivity contribution is 0.544. The predicted molar refractivity (Wildman–Crippen MR) is 75.8 cm³/mol. The fourth-order valence-corrected chi connectivity index (χ4v) is 2.20. The SMILES string of the molecule is CCNC(Cc1ncccc1Cl)c1ccccc1. The van der Waals surface area contributed by atoms with Gasteiger partial charge in [0.1, 0.15) is 0 Å². The van der Waals surface area contributed by atoms with Gasteiger partial charge in [0.15, 0.2) is 0 Å². The highest BCUT2D eigenvalue weighted by atomic mass is 35.5. The molecule has 1 atom stereocenters. The van der Waals surface area contributed by atoms with Crippen molar-refractivity contribution in [2.75, 3.05) is 6.54 Å². The van der Waals surface area contributed by atoms with Crippen LogP contribution in [0.25, 0.3) is 0 Å². The van der Waals surface area contributed by atoms with E-state index in [1.165, 1.54) is 5.56 Å². The van der Waals surface area contributed by atoms with Gasteiger partial charge < -0.3 is 5.32 Å². The third-order valence-electron chi connectivity index (χ3n) is 2.88. The van der Waals surface area contributed by atoms with Crippen molar-refractivity contribution in [1.82, 2.24) is 10.3 Å². The van der Waals surface area contributed by atoms with Crippen LogP contribution in [0, 0.1) is 0 Å². The summed E-state index contributed by atoms with van der Waals surface area (Å²) in [7, 11) is 0. The summed E-state index contributed by atoms with van der Waals surface area (Å²) in [4.78, 5) is 4.35. The van der Waals surface area contributed by atoms with Crippen molar-refractivity contribution in [3.05, 3.63) is 64.9 Å². The first-order chi connectivity index (χ1) is 8.81. The highest BCUT2D eigenvalue weighted by Gasteiger charge is 2.13. The molecule has 0 spiro atoms. The van der Waals surface area contributed by atoms with Gasteiger partial charge in [0, 0.05) is 18.7 Å². The molecule has 0 saturated carbocycles. The molecule has 0 aliphatic rings. The number of pyridine rings is 1. The molecule has 2 rings (SSSR count). The van der Waals surface area contributed by atoms with Gasteiger partial charge in [-0.3, -0.25) is 4.98 Å². The average Bonchev–Trinajstić information content (AvgIpc) is 2.42. The smallest absolute Gasteiger partial charge is 0.0622 e. The lowest BCUT2D eigenvalue weighted by Gasteiger charge is -2.18. The van der Waals surface area contributed by atoms with Crippen molar-refractivity contribution in [2.24, 2.45) is 0 Å². The summed E-state index contributed by atoms with van der Waals surface area (Å²) in [6, 6.07) is 14.4. The lowest BCUT2D eigenvalue weighted by atomic mass is 10.0. The van der Waals surface area contributed by atoms with Gasteiger partial charge in [0.2, 0.25) is 0 Å². The molecule has 1 N–H and O–H groups in total. The number of hydrogen-bond donors (Lipinski definition) is 1. The zero-order chi connectivity index (χ0) is 12.8. The van der Waals surface area contributed by atoms with E-state index in [1.54, 1.807) is 6.20 Å². The topological polar surface area (TPSA) is 24.9 Å². The summed E-state index contributed by atoms with van der Waals surface area (Å²) in [6.07, 6.45) is 2.59. The Morgan fingerprint density at radius 2 is 1.94 bits per heavy atom. The van der Waals surface area contributed by atoms with Crippen LogP contribution in [0.3, 0.4) is 0 Å². The van der Waals surface area contributed by atoms with Gasteiger partial charge in [0.25, 0.3) is 0 Å². The summed E-state index contributed by atoms with van der Waals surface area (Å²) in [6.45, 7) is 3.03. The number of nitrogens with zero attached hydrogens (tertiary/aromatic N) is 1. The number of aromatic nitrogens is 1. The van der Waals surface area contributed by atoms with Crippen LogP contribution >= 0.6 is 11.6 Å². The zero-order valence-corrected chi connectivity index (χ0v) is 11.2. The quantitative estimate of drug-likeness (QED) is 0.888. The second kappa shape index (κ2) is 6.53. The Balaban J connectivity index is 2.19. The number of halogens is 1. The highest BCUT2D eigenvalue weighted by Crippen LogP contribution is 2.21. The maximum Gasteiger partial charge on any atom is 0.0622 e. The Hall–Kier alpha value is -1.38. The van der Waals surface area contributed by atoms with Crippen molar-refractivity contribution in [3.63, 3.8) is 0 Å². The molecule has 0 fully saturated rings. The predicted octanol–water partition coefficient (Wildman–Crippen LogP) is 3.63. The van der Waals surface area contributed by atoms with Gasteiger partial charge in [0.05, 0.1) is 10.7 Å². The third kappa shape index (κ3) is 3.31. The number of nitrogens with one attached hydrogen (secondary N) is 1. The lowest BCUT2D eigenvalue weighted by Crippen LogP contribution is -2.23. The molecule has 18 heavy (non-hydrogen) atoms. The van der Waals surface area contributed by atoms with E-state index in [0.29, 0.717) is 0 Å². The summed E-state index contributed by atoms with van der Waals surface area (Å²) in [5.74, 6) is 0. The molecule has 2 nitrogen and oxygen atoms in total. The maximum absolute atomic E-state index is 6.17. The normalized spacial score (nSPS) is 12.3. The van der Waals surface area contributed by atoms with E-state index in [-0.39, 0.29) is 6.04 Å².